The van der Waals surface area contributed by atoms with Gasteiger partial charge >= 0.3 is 0 Å². The van der Waals surface area contributed by atoms with Gasteiger partial charge < -0.3 is 5.32 Å². The number of nitrogens with one attached hydrogen (secondary N) is 1. The van der Waals surface area contributed by atoms with E-state index in [2.05, 4.69) is 12.2 Å². The number of carbonyl (C=O) groups is 1. The SMILES string of the molecule is CCCCC(CC1CCC1)C(=O)NC(C)C. The van der Waals surface area contributed by atoms with Gasteiger partial charge in [0, 0.05) is 12.0 Å². The zero-order chi connectivity index (χ0) is 12.0. The van der Waals surface area contributed by atoms with Crippen LogP contribution in [0.4, 0.5) is 0 Å². The first-order valence-corrected chi connectivity index (χ1v) is 6.93. The topological polar surface area (TPSA) is 29.1 Å². The highest BCUT2D eigenvalue weighted by atomic mass is 16.1. The Hall–Kier alpha value is -0.530. The maximum Gasteiger partial charge on any atom is 0.223 e. The van der Waals surface area contributed by atoms with E-state index >= 15 is 0 Å². The molecule has 2 heteroatoms. The molecule has 0 aromatic carbocycles. The second kappa shape index (κ2) is 6.93. The molecule has 0 radical (unpaired) electrons. The highest BCUT2D eigenvalue weighted by Gasteiger charge is 2.26. The summed E-state index contributed by atoms with van der Waals surface area (Å²) in [5, 5.41) is 3.07. The van der Waals surface area contributed by atoms with Crippen molar-refractivity contribution in [2.45, 2.75) is 71.8 Å². The number of unbranched alkanes of at least 4 members (excludes halogenated alkanes) is 1. The molecule has 1 aliphatic rings. The second-order valence-corrected chi connectivity index (χ2v) is 5.54. The predicted octanol–water partition coefficient (Wildman–Crippen LogP) is 3.51. The molecule has 1 N–H and O–H groups in total. The lowest BCUT2D eigenvalue weighted by molar-refractivity contribution is -0.126. The Morgan fingerprint density at radius 1 is 1.38 bits per heavy atom. The van der Waals surface area contributed by atoms with Crippen LogP contribution in [0.1, 0.15) is 65.7 Å². The maximum absolute atomic E-state index is 12.0. The fraction of sp³-hybridized carbons (Fsp3) is 0.929. The molecule has 2 nitrogen and oxygen atoms in total. The lowest BCUT2D eigenvalue weighted by Gasteiger charge is -2.29. The van der Waals surface area contributed by atoms with Crippen molar-refractivity contribution in [2.75, 3.05) is 0 Å². The molecular weight excluding hydrogens is 198 g/mol. The first-order valence-electron chi connectivity index (χ1n) is 6.93. The summed E-state index contributed by atoms with van der Waals surface area (Å²) >= 11 is 0. The van der Waals surface area contributed by atoms with Crippen molar-refractivity contribution in [3.8, 4) is 0 Å². The molecule has 1 saturated carbocycles. The minimum atomic E-state index is 0.271. The van der Waals surface area contributed by atoms with Crippen LogP contribution in [0.25, 0.3) is 0 Å². The van der Waals surface area contributed by atoms with Gasteiger partial charge in [-0.05, 0) is 32.6 Å². The third kappa shape index (κ3) is 4.54. The molecular formula is C14H27NO. The van der Waals surface area contributed by atoms with E-state index in [0.717, 1.165) is 18.8 Å². The van der Waals surface area contributed by atoms with Gasteiger partial charge in [0.15, 0.2) is 0 Å². The van der Waals surface area contributed by atoms with Crippen LogP contribution in [-0.2, 0) is 4.79 Å². The molecule has 0 heterocycles. The lowest BCUT2D eigenvalue weighted by Crippen LogP contribution is -2.37. The van der Waals surface area contributed by atoms with Crippen molar-refractivity contribution in [3.63, 3.8) is 0 Å². The molecule has 1 unspecified atom stereocenters. The summed E-state index contributed by atoms with van der Waals surface area (Å²) in [5.74, 6) is 1.39. The van der Waals surface area contributed by atoms with Crippen LogP contribution in [0.15, 0.2) is 0 Å². The zero-order valence-corrected chi connectivity index (χ0v) is 11.1. The largest absolute Gasteiger partial charge is 0.354 e. The van der Waals surface area contributed by atoms with Gasteiger partial charge in [0.1, 0.15) is 0 Å². The molecule has 0 saturated heterocycles. The maximum atomic E-state index is 12.0. The van der Waals surface area contributed by atoms with E-state index in [0.29, 0.717) is 0 Å². The normalized spacial score (nSPS) is 18.2. The summed E-state index contributed by atoms with van der Waals surface area (Å²) in [6, 6.07) is 0.276. The van der Waals surface area contributed by atoms with Crippen LogP contribution in [-0.4, -0.2) is 11.9 Å². The van der Waals surface area contributed by atoms with Crippen LogP contribution in [0, 0.1) is 11.8 Å². The Kier molecular flexibility index (Phi) is 5.86. The molecule has 1 rings (SSSR count). The standard InChI is InChI=1S/C14H27NO/c1-4-5-9-13(10-12-7-6-8-12)14(16)15-11(2)3/h11-13H,4-10H2,1-3H3,(H,15,16). The Morgan fingerprint density at radius 3 is 2.50 bits per heavy atom. The van der Waals surface area contributed by atoms with Crippen molar-refractivity contribution in [2.24, 2.45) is 11.8 Å². The summed E-state index contributed by atoms with van der Waals surface area (Å²) in [6.07, 6.45) is 8.63. The van der Waals surface area contributed by atoms with Crippen molar-refractivity contribution in [1.82, 2.24) is 5.32 Å². The van der Waals surface area contributed by atoms with E-state index in [1.54, 1.807) is 0 Å². The highest BCUT2D eigenvalue weighted by Crippen LogP contribution is 2.33. The van der Waals surface area contributed by atoms with Gasteiger partial charge in [0.2, 0.25) is 5.91 Å². The zero-order valence-electron chi connectivity index (χ0n) is 11.1. The van der Waals surface area contributed by atoms with E-state index in [-0.39, 0.29) is 17.9 Å². The van der Waals surface area contributed by atoms with E-state index in [9.17, 15) is 4.79 Å². The van der Waals surface area contributed by atoms with Crippen LogP contribution in [0.5, 0.6) is 0 Å². The van der Waals surface area contributed by atoms with Crippen molar-refractivity contribution in [1.29, 1.82) is 0 Å². The Balaban J connectivity index is 2.37. The molecule has 0 bridgehead atoms. The van der Waals surface area contributed by atoms with Crippen LogP contribution in [0.3, 0.4) is 0 Å². The quantitative estimate of drug-likeness (QED) is 0.706. The monoisotopic (exact) mass is 225 g/mol. The fourth-order valence-corrected chi connectivity index (χ4v) is 2.34. The van der Waals surface area contributed by atoms with E-state index < -0.39 is 0 Å². The molecule has 0 spiro atoms. The minimum Gasteiger partial charge on any atom is -0.354 e. The highest BCUT2D eigenvalue weighted by molar-refractivity contribution is 5.78. The third-order valence-electron chi connectivity index (χ3n) is 3.55. The molecule has 1 atom stereocenters. The molecule has 0 aliphatic heterocycles. The van der Waals surface area contributed by atoms with E-state index in [1.165, 1.54) is 32.1 Å². The van der Waals surface area contributed by atoms with Crippen LogP contribution in [0.2, 0.25) is 0 Å². The van der Waals surface area contributed by atoms with E-state index in [4.69, 9.17) is 0 Å². The van der Waals surface area contributed by atoms with Gasteiger partial charge in [0.25, 0.3) is 0 Å². The molecule has 1 amide bonds. The number of carbonyl (C=O) groups excluding carboxylic acids is 1. The van der Waals surface area contributed by atoms with E-state index in [1.807, 2.05) is 13.8 Å². The Bertz CT molecular complexity index is 209. The van der Waals surface area contributed by atoms with Crippen molar-refractivity contribution in [3.05, 3.63) is 0 Å². The van der Waals surface area contributed by atoms with Crippen molar-refractivity contribution < 1.29 is 4.79 Å². The summed E-state index contributed by atoms with van der Waals surface area (Å²) in [4.78, 5) is 12.0. The summed E-state index contributed by atoms with van der Waals surface area (Å²) in [6.45, 7) is 6.27. The first kappa shape index (κ1) is 13.5. The summed E-state index contributed by atoms with van der Waals surface area (Å²) in [7, 11) is 0. The fourth-order valence-electron chi connectivity index (χ4n) is 2.34. The summed E-state index contributed by atoms with van der Waals surface area (Å²) in [5.41, 5.74) is 0. The van der Waals surface area contributed by atoms with Gasteiger partial charge in [-0.25, -0.2) is 0 Å². The summed E-state index contributed by atoms with van der Waals surface area (Å²) < 4.78 is 0. The molecule has 1 aliphatic carbocycles. The van der Waals surface area contributed by atoms with Gasteiger partial charge in [0.05, 0.1) is 0 Å². The third-order valence-corrected chi connectivity index (χ3v) is 3.55. The average Bonchev–Trinajstić information content (AvgIpc) is 2.14. The predicted molar refractivity (Wildman–Crippen MR) is 68.3 cm³/mol. The van der Waals surface area contributed by atoms with Gasteiger partial charge in [-0.1, -0.05) is 39.0 Å². The Labute approximate surface area is 100 Å². The van der Waals surface area contributed by atoms with Gasteiger partial charge in [-0.3, -0.25) is 4.79 Å². The smallest absolute Gasteiger partial charge is 0.223 e. The molecule has 16 heavy (non-hydrogen) atoms. The molecule has 0 aromatic heterocycles. The van der Waals surface area contributed by atoms with Crippen molar-refractivity contribution >= 4 is 5.91 Å². The molecule has 94 valence electrons. The number of hydrogen-bond donors (Lipinski definition) is 1. The Morgan fingerprint density at radius 2 is 2.06 bits per heavy atom. The second-order valence-electron chi connectivity index (χ2n) is 5.54. The van der Waals surface area contributed by atoms with Gasteiger partial charge in [-0.15, -0.1) is 0 Å². The van der Waals surface area contributed by atoms with Crippen LogP contribution >= 0.6 is 0 Å². The minimum absolute atomic E-state index is 0.271. The first-order chi connectivity index (χ1) is 7.63. The number of hydrogen-bond acceptors (Lipinski definition) is 1. The molecule has 0 aromatic rings. The van der Waals surface area contributed by atoms with Crippen LogP contribution < -0.4 is 5.32 Å². The van der Waals surface area contributed by atoms with Gasteiger partial charge in [-0.2, -0.15) is 0 Å². The number of rotatable bonds is 7. The average molecular weight is 225 g/mol. The lowest BCUT2D eigenvalue weighted by atomic mass is 9.77. The number of amides is 1. The molecule has 1 fully saturated rings.